The molecule has 1 rings (SSSR count). The maximum Gasteiger partial charge on any atom is 0.312 e. The first kappa shape index (κ1) is 16.6. The predicted octanol–water partition coefficient (Wildman–Crippen LogP) is 1.81. The van der Waals surface area contributed by atoms with E-state index < -0.39 is 26.5 Å². The largest absolute Gasteiger partial charge is 0.378 e. The number of nitrogens with one attached hydrogen (secondary N) is 1. The third-order valence-electron chi connectivity index (χ3n) is 2.09. The van der Waals surface area contributed by atoms with Crippen molar-refractivity contribution in [2.75, 3.05) is 17.1 Å². The summed E-state index contributed by atoms with van der Waals surface area (Å²) in [5.74, 6) is -0.747. The van der Waals surface area contributed by atoms with Gasteiger partial charge in [0, 0.05) is 6.07 Å². The molecule has 1 aromatic heterocycles. The Hall–Kier alpha value is -1.45. The molecule has 0 saturated carbocycles. The number of halogens is 1. The second kappa shape index (κ2) is 6.82. The molecule has 0 spiro atoms. The Morgan fingerprint density at radius 3 is 2.70 bits per heavy atom. The zero-order valence-electron chi connectivity index (χ0n) is 10.9. The summed E-state index contributed by atoms with van der Waals surface area (Å²) < 4.78 is 30.7. The highest BCUT2D eigenvalue weighted by Crippen LogP contribution is 2.24. The molecule has 1 N–H and O–H groups in total. The van der Waals surface area contributed by atoms with Gasteiger partial charge in [-0.25, -0.2) is 13.4 Å². The molecule has 0 aliphatic carbocycles. The molecule has 10 heteroatoms. The van der Waals surface area contributed by atoms with Crippen LogP contribution in [0.2, 0.25) is 5.15 Å². The first-order chi connectivity index (χ1) is 9.21. The Bertz CT molecular complexity index is 591. The number of ether oxygens (including phenoxy) is 1. The fraction of sp³-hybridized carbons (Fsp3) is 0.500. The number of hydrogen-bond acceptors (Lipinski definition) is 6. The summed E-state index contributed by atoms with van der Waals surface area (Å²) in [5.41, 5.74) is -0.470. The van der Waals surface area contributed by atoms with E-state index in [9.17, 15) is 18.5 Å². The smallest absolute Gasteiger partial charge is 0.312 e. The van der Waals surface area contributed by atoms with E-state index >= 15 is 0 Å². The van der Waals surface area contributed by atoms with E-state index in [1.54, 1.807) is 13.8 Å². The van der Waals surface area contributed by atoms with Gasteiger partial charge in [0.25, 0.3) is 0 Å². The number of aromatic nitrogens is 1. The molecule has 0 bridgehead atoms. The van der Waals surface area contributed by atoms with E-state index in [1.165, 1.54) is 6.07 Å². The van der Waals surface area contributed by atoms with Crippen molar-refractivity contribution in [3.8, 4) is 0 Å². The molecule has 0 amide bonds. The van der Waals surface area contributed by atoms with Gasteiger partial charge in [-0.05, 0) is 19.9 Å². The number of rotatable bonds is 7. The molecule has 20 heavy (non-hydrogen) atoms. The van der Waals surface area contributed by atoms with Gasteiger partial charge in [-0.15, -0.1) is 0 Å². The molecule has 0 aliphatic rings. The molecular formula is C10H14ClN3O5S. The Kier molecular flexibility index (Phi) is 5.66. The minimum Gasteiger partial charge on any atom is -0.378 e. The number of nitro groups is 1. The molecule has 0 aromatic carbocycles. The van der Waals surface area contributed by atoms with Gasteiger partial charge in [-0.3, -0.25) is 14.8 Å². The molecule has 0 aliphatic heterocycles. The molecule has 0 radical (unpaired) electrons. The topological polar surface area (TPSA) is 111 Å². The Morgan fingerprint density at radius 1 is 1.50 bits per heavy atom. The summed E-state index contributed by atoms with van der Waals surface area (Å²) in [4.78, 5) is 13.7. The van der Waals surface area contributed by atoms with Crippen LogP contribution in [0.5, 0.6) is 0 Å². The van der Waals surface area contributed by atoms with Gasteiger partial charge in [0.2, 0.25) is 15.8 Å². The normalized spacial score (nSPS) is 11.6. The van der Waals surface area contributed by atoms with Crippen LogP contribution >= 0.6 is 11.6 Å². The van der Waals surface area contributed by atoms with Crippen molar-refractivity contribution in [2.24, 2.45) is 0 Å². The zero-order chi connectivity index (χ0) is 15.3. The number of nitrogens with zero attached hydrogens (tertiary/aromatic N) is 2. The van der Waals surface area contributed by atoms with Crippen LogP contribution in [0.1, 0.15) is 13.8 Å². The highest BCUT2D eigenvalue weighted by Gasteiger charge is 2.21. The van der Waals surface area contributed by atoms with Crippen LogP contribution in [-0.4, -0.2) is 36.8 Å². The minimum absolute atomic E-state index is 0.0264. The lowest BCUT2D eigenvalue weighted by molar-refractivity contribution is -0.384. The van der Waals surface area contributed by atoms with Gasteiger partial charge < -0.3 is 4.74 Å². The maximum absolute atomic E-state index is 11.8. The van der Waals surface area contributed by atoms with Gasteiger partial charge in [-0.2, -0.15) is 0 Å². The second-order valence-corrected chi connectivity index (χ2v) is 6.33. The van der Waals surface area contributed by atoms with Crippen molar-refractivity contribution in [1.82, 2.24) is 4.98 Å². The van der Waals surface area contributed by atoms with Crippen molar-refractivity contribution < 1.29 is 18.1 Å². The Labute approximate surface area is 121 Å². The SMILES string of the molecule is CC(C)OCCS(=O)(=O)Nc1nc(Cl)ccc1[N+](=O)[O-]. The monoisotopic (exact) mass is 323 g/mol. The van der Waals surface area contributed by atoms with E-state index in [4.69, 9.17) is 16.3 Å². The highest BCUT2D eigenvalue weighted by atomic mass is 35.5. The van der Waals surface area contributed by atoms with Crippen LogP contribution in [-0.2, 0) is 14.8 Å². The van der Waals surface area contributed by atoms with Gasteiger partial charge >= 0.3 is 5.69 Å². The third kappa shape index (κ3) is 5.27. The molecule has 0 fully saturated rings. The molecule has 0 atom stereocenters. The average molecular weight is 324 g/mol. The van der Waals surface area contributed by atoms with E-state index in [2.05, 4.69) is 4.98 Å². The molecule has 8 nitrogen and oxygen atoms in total. The van der Waals surface area contributed by atoms with Gasteiger partial charge in [-0.1, -0.05) is 11.6 Å². The van der Waals surface area contributed by atoms with Crippen molar-refractivity contribution in [3.63, 3.8) is 0 Å². The fourth-order valence-corrected chi connectivity index (χ4v) is 2.25. The number of anilines is 1. The maximum atomic E-state index is 11.8. The molecule has 1 heterocycles. The van der Waals surface area contributed by atoms with Crippen molar-refractivity contribution in [1.29, 1.82) is 0 Å². The van der Waals surface area contributed by atoms with Crippen LogP contribution in [0.4, 0.5) is 11.5 Å². The van der Waals surface area contributed by atoms with Gasteiger partial charge in [0.1, 0.15) is 5.15 Å². The average Bonchev–Trinajstić information content (AvgIpc) is 2.26. The first-order valence-corrected chi connectivity index (χ1v) is 7.67. The number of hydrogen-bond donors (Lipinski definition) is 1. The number of pyridine rings is 1. The van der Waals surface area contributed by atoms with Gasteiger partial charge in [0.15, 0.2) is 0 Å². The second-order valence-electron chi connectivity index (χ2n) is 4.10. The van der Waals surface area contributed by atoms with Crippen LogP contribution < -0.4 is 4.72 Å². The first-order valence-electron chi connectivity index (χ1n) is 5.64. The van der Waals surface area contributed by atoms with Crippen LogP contribution in [0.25, 0.3) is 0 Å². The van der Waals surface area contributed by atoms with E-state index in [-0.39, 0.29) is 23.6 Å². The van der Waals surface area contributed by atoms with Crippen LogP contribution in [0.3, 0.4) is 0 Å². The Balaban J connectivity index is 2.86. The number of sulfonamides is 1. The lowest BCUT2D eigenvalue weighted by Crippen LogP contribution is -2.22. The van der Waals surface area contributed by atoms with Crippen molar-refractivity contribution >= 4 is 33.1 Å². The minimum atomic E-state index is -3.80. The van der Waals surface area contributed by atoms with Crippen molar-refractivity contribution in [3.05, 3.63) is 27.4 Å². The van der Waals surface area contributed by atoms with Gasteiger partial charge in [0.05, 0.1) is 23.4 Å². The van der Waals surface area contributed by atoms with E-state index in [0.717, 1.165) is 6.07 Å². The Morgan fingerprint density at radius 2 is 2.15 bits per heavy atom. The summed E-state index contributed by atoms with van der Waals surface area (Å²) in [6.07, 6.45) is -0.108. The molecule has 112 valence electrons. The summed E-state index contributed by atoms with van der Waals surface area (Å²) in [7, 11) is -3.80. The summed E-state index contributed by atoms with van der Waals surface area (Å²) in [6, 6.07) is 2.29. The predicted molar refractivity (Wildman–Crippen MR) is 74.4 cm³/mol. The van der Waals surface area contributed by atoms with E-state index in [1.807, 2.05) is 4.72 Å². The van der Waals surface area contributed by atoms with Crippen LogP contribution in [0, 0.1) is 10.1 Å². The zero-order valence-corrected chi connectivity index (χ0v) is 12.4. The van der Waals surface area contributed by atoms with Crippen LogP contribution in [0.15, 0.2) is 12.1 Å². The van der Waals surface area contributed by atoms with E-state index in [0.29, 0.717) is 0 Å². The molecular weight excluding hydrogens is 310 g/mol. The lowest BCUT2D eigenvalue weighted by Gasteiger charge is -2.09. The molecule has 1 aromatic rings. The van der Waals surface area contributed by atoms with Crippen molar-refractivity contribution in [2.45, 2.75) is 20.0 Å². The summed E-state index contributed by atoms with van der Waals surface area (Å²) in [5, 5.41) is 10.7. The lowest BCUT2D eigenvalue weighted by atomic mass is 10.4. The fourth-order valence-electron chi connectivity index (χ4n) is 1.24. The molecule has 0 unspecified atom stereocenters. The highest BCUT2D eigenvalue weighted by molar-refractivity contribution is 7.92. The summed E-state index contributed by atoms with van der Waals surface area (Å²) >= 11 is 5.60. The third-order valence-corrected chi connectivity index (χ3v) is 3.51. The standard InChI is InChI=1S/C10H14ClN3O5S/c1-7(2)19-5-6-20(17,18)13-10-8(14(15)16)3-4-9(11)12-10/h3-4,7H,5-6H2,1-2H3,(H,12,13). The molecule has 0 saturated heterocycles. The quantitative estimate of drug-likeness (QED) is 0.465. The summed E-state index contributed by atoms with van der Waals surface area (Å²) in [6.45, 7) is 3.51.